The van der Waals surface area contributed by atoms with Crippen LogP contribution in [0, 0.1) is 11.8 Å². The van der Waals surface area contributed by atoms with Gasteiger partial charge in [-0.3, -0.25) is 14.4 Å². The molecule has 3 aliphatic rings. The van der Waals surface area contributed by atoms with Gasteiger partial charge in [-0.1, -0.05) is 42.5 Å². The van der Waals surface area contributed by atoms with E-state index in [1.807, 2.05) is 30.3 Å². The Morgan fingerprint density at radius 1 is 1.19 bits per heavy atom. The molecule has 8 heteroatoms. The highest BCUT2D eigenvalue weighted by Crippen LogP contribution is 2.58. The van der Waals surface area contributed by atoms with Gasteiger partial charge in [-0.25, -0.2) is 0 Å². The Morgan fingerprint density at radius 2 is 1.97 bits per heavy atom. The second-order valence-electron chi connectivity index (χ2n) is 10.1. The maximum absolute atomic E-state index is 14.2. The number of fused-ring (bicyclic) bond motifs is 1. The summed E-state index contributed by atoms with van der Waals surface area (Å²) in [5.41, 5.74) is -0.0699. The molecule has 0 radical (unpaired) electrons. The molecule has 0 aliphatic carbocycles. The zero-order valence-corrected chi connectivity index (χ0v) is 21.4. The van der Waals surface area contributed by atoms with E-state index in [0.717, 1.165) is 12.0 Å². The smallest absolute Gasteiger partial charge is 0.312 e. The number of unbranched alkanes of at least 4 members (excludes halogenated alkanes) is 2. The molecule has 8 nitrogen and oxygen atoms in total. The van der Waals surface area contributed by atoms with Crippen molar-refractivity contribution in [3.05, 3.63) is 61.2 Å². The Kier molecular flexibility index (Phi) is 8.82. The van der Waals surface area contributed by atoms with Crippen molar-refractivity contribution in [2.75, 3.05) is 26.3 Å². The Morgan fingerprint density at radius 3 is 2.68 bits per heavy atom. The fourth-order valence-electron chi connectivity index (χ4n) is 6.22. The predicted octanol–water partition coefficient (Wildman–Crippen LogP) is 2.86. The lowest BCUT2D eigenvalue weighted by Gasteiger charge is -2.37. The van der Waals surface area contributed by atoms with E-state index in [0.29, 0.717) is 51.7 Å². The Labute approximate surface area is 218 Å². The van der Waals surface area contributed by atoms with Gasteiger partial charge in [0.15, 0.2) is 0 Å². The van der Waals surface area contributed by atoms with Crippen LogP contribution in [0.1, 0.15) is 44.1 Å². The first-order chi connectivity index (χ1) is 18.0. The van der Waals surface area contributed by atoms with Crippen molar-refractivity contribution in [2.24, 2.45) is 11.8 Å². The van der Waals surface area contributed by atoms with Gasteiger partial charge in [0, 0.05) is 26.2 Å². The summed E-state index contributed by atoms with van der Waals surface area (Å²) in [7, 11) is 0. The topological polar surface area (TPSA) is 96.4 Å². The molecule has 200 valence electrons. The largest absolute Gasteiger partial charge is 0.465 e. The number of amides is 2. The number of carbonyl (C=O) groups excluding carboxylic acids is 3. The lowest BCUT2D eigenvalue weighted by molar-refractivity contribution is -0.155. The number of rotatable bonds is 14. The van der Waals surface area contributed by atoms with Gasteiger partial charge >= 0.3 is 5.97 Å². The molecule has 3 fully saturated rings. The summed E-state index contributed by atoms with van der Waals surface area (Å²) in [4.78, 5) is 44.6. The maximum atomic E-state index is 14.2. The van der Waals surface area contributed by atoms with Crippen LogP contribution in [0.3, 0.4) is 0 Å². The molecule has 1 aromatic carbocycles. The second kappa shape index (κ2) is 12.0. The maximum Gasteiger partial charge on any atom is 0.312 e. The lowest BCUT2D eigenvalue weighted by atomic mass is 9.70. The number of hydrogen-bond donors (Lipinski definition) is 1. The van der Waals surface area contributed by atoms with Crippen molar-refractivity contribution < 1.29 is 29.0 Å². The number of likely N-dealkylation sites (tertiary alicyclic amines) is 1. The lowest BCUT2D eigenvalue weighted by Crippen LogP contribution is -2.56. The summed E-state index contributed by atoms with van der Waals surface area (Å²) in [6.45, 7) is 8.86. The van der Waals surface area contributed by atoms with Crippen LogP contribution in [0.15, 0.2) is 55.6 Å². The first kappa shape index (κ1) is 27.1. The number of esters is 1. The van der Waals surface area contributed by atoms with Gasteiger partial charge in [0.1, 0.15) is 11.6 Å². The molecule has 3 aliphatic heterocycles. The fraction of sp³-hybridized carbons (Fsp3) is 0.552. The third-order valence-corrected chi connectivity index (χ3v) is 7.81. The standard InChI is InChI=1S/C29H38N2O6/c1-3-5-19-36-28(35)23-22-14-15-29(37-22)24(23)26(33)31(17-10-7-11-18-32)25(29)27(34)30(16-4-2)20-21-12-8-6-9-13-21/h3-4,6,8-9,12-13,22-25,32H,1-2,5,7,10-11,14-20H2/t22-,23+,24+,25?,29?/m1/s1. The Bertz CT molecular complexity index is 997. The molecule has 3 heterocycles. The monoisotopic (exact) mass is 510 g/mol. The Hall–Kier alpha value is -2.97. The molecule has 0 aromatic heterocycles. The molecule has 3 saturated heterocycles. The van der Waals surface area contributed by atoms with Gasteiger partial charge in [0.2, 0.25) is 11.8 Å². The van der Waals surface area contributed by atoms with E-state index in [-0.39, 0.29) is 25.0 Å². The van der Waals surface area contributed by atoms with E-state index < -0.39 is 35.6 Å². The number of nitrogens with zero attached hydrogens (tertiary/aromatic N) is 2. The highest BCUT2D eigenvalue weighted by molar-refractivity contribution is 5.98. The Balaban J connectivity index is 1.64. The third-order valence-electron chi connectivity index (χ3n) is 7.81. The summed E-state index contributed by atoms with van der Waals surface area (Å²) in [6, 6.07) is 8.89. The minimum absolute atomic E-state index is 0.0798. The van der Waals surface area contributed by atoms with Crippen LogP contribution >= 0.6 is 0 Å². The van der Waals surface area contributed by atoms with E-state index >= 15 is 0 Å². The van der Waals surface area contributed by atoms with E-state index in [2.05, 4.69) is 13.2 Å². The second-order valence-corrected chi connectivity index (χ2v) is 10.1. The zero-order chi connectivity index (χ0) is 26.4. The van der Waals surface area contributed by atoms with Gasteiger partial charge in [-0.05, 0) is 44.1 Å². The molecule has 1 N–H and O–H groups in total. The minimum Gasteiger partial charge on any atom is -0.465 e. The van der Waals surface area contributed by atoms with Gasteiger partial charge in [0.25, 0.3) is 0 Å². The average molecular weight is 511 g/mol. The number of carbonyl (C=O) groups is 3. The minimum atomic E-state index is -1.05. The van der Waals surface area contributed by atoms with Crippen LogP contribution in [0.5, 0.6) is 0 Å². The molecule has 2 bridgehead atoms. The van der Waals surface area contributed by atoms with E-state index in [9.17, 15) is 19.5 Å². The molecule has 1 spiro atoms. The van der Waals surface area contributed by atoms with Gasteiger partial charge in [-0.2, -0.15) is 0 Å². The molecule has 0 saturated carbocycles. The first-order valence-corrected chi connectivity index (χ1v) is 13.3. The summed E-state index contributed by atoms with van der Waals surface area (Å²) < 4.78 is 12.0. The van der Waals surface area contributed by atoms with Crippen LogP contribution in [0.2, 0.25) is 0 Å². The van der Waals surface area contributed by atoms with Crippen LogP contribution in [-0.4, -0.2) is 76.7 Å². The van der Waals surface area contributed by atoms with Crippen LogP contribution < -0.4 is 0 Å². The molecular weight excluding hydrogens is 472 g/mol. The van der Waals surface area contributed by atoms with E-state index in [1.165, 1.54) is 0 Å². The molecule has 2 amide bonds. The van der Waals surface area contributed by atoms with Crippen molar-refractivity contribution >= 4 is 17.8 Å². The van der Waals surface area contributed by atoms with Crippen LogP contribution in [0.25, 0.3) is 0 Å². The quantitative estimate of drug-likeness (QED) is 0.235. The van der Waals surface area contributed by atoms with E-state index in [4.69, 9.17) is 9.47 Å². The van der Waals surface area contributed by atoms with Gasteiger partial charge in [-0.15, -0.1) is 13.2 Å². The van der Waals surface area contributed by atoms with Crippen molar-refractivity contribution in [3.8, 4) is 0 Å². The van der Waals surface area contributed by atoms with Gasteiger partial charge < -0.3 is 24.4 Å². The fourth-order valence-corrected chi connectivity index (χ4v) is 6.22. The van der Waals surface area contributed by atoms with Crippen LogP contribution in [0.4, 0.5) is 0 Å². The predicted molar refractivity (Wildman–Crippen MR) is 138 cm³/mol. The first-order valence-electron chi connectivity index (χ1n) is 13.3. The molecule has 2 unspecified atom stereocenters. The molecule has 5 atom stereocenters. The number of benzene rings is 1. The number of aliphatic hydroxyl groups excluding tert-OH is 1. The molecule has 37 heavy (non-hydrogen) atoms. The molecular formula is C29H38N2O6. The number of hydrogen-bond acceptors (Lipinski definition) is 6. The van der Waals surface area contributed by atoms with Crippen molar-refractivity contribution in [1.29, 1.82) is 0 Å². The zero-order valence-electron chi connectivity index (χ0n) is 21.4. The summed E-state index contributed by atoms with van der Waals surface area (Å²) in [5.74, 6) is -2.30. The van der Waals surface area contributed by atoms with Crippen molar-refractivity contribution in [2.45, 2.75) is 62.8 Å². The number of aliphatic hydroxyl groups is 1. The van der Waals surface area contributed by atoms with Gasteiger partial charge in [0.05, 0.1) is 24.5 Å². The molecule has 4 rings (SSSR count). The van der Waals surface area contributed by atoms with E-state index in [1.54, 1.807) is 22.0 Å². The highest BCUT2D eigenvalue weighted by Gasteiger charge is 2.75. The summed E-state index contributed by atoms with van der Waals surface area (Å²) >= 11 is 0. The normalized spacial score (nSPS) is 27.7. The van der Waals surface area contributed by atoms with Crippen molar-refractivity contribution in [1.82, 2.24) is 9.80 Å². The molecule has 1 aromatic rings. The van der Waals surface area contributed by atoms with Crippen LogP contribution in [-0.2, 0) is 30.4 Å². The summed E-state index contributed by atoms with van der Waals surface area (Å²) in [5, 5.41) is 9.19. The SMILES string of the molecule is C=CCCOC(=O)[C@@H]1[C@H]2C(=O)N(CCCCCO)C(C(=O)N(CC=C)Cc3ccccc3)C23CC[C@H]1O3. The third kappa shape index (κ3) is 5.22. The highest BCUT2D eigenvalue weighted by atomic mass is 16.6. The van der Waals surface area contributed by atoms with Crippen molar-refractivity contribution in [3.63, 3.8) is 0 Å². The number of ether oxygens (including phenoxy) is 2. The average Bonchev–Trinajstić information content (AvgIpc) is 3.54. The summed E-state index contributed by atoms with van der Waals surface area (Å²) in [6.07, 6.45) is 6.62.